The summed E-state index contributed by atoms with van der Waals surface area (Å²) in [5, 5.41) is 0. The topological polar surface area (TPSA) is 51.7 Å². The van der Waals surface area contributed by atoms with Crippen LogP contribution in [0, 0.1) is 11.2 Å². The Labute approximate surface area is 200 Å². The van der Waals surface area contributed by atoms with Crippen LogP contribution in [0.25, 0.3) is 11.1 Å². The van der Waals surface area contributed by atoms with E-state index in [0.29, 0.717) is 16.9 Å². The van der Waals surface area contributed by atoms with Gasteiger partial charge in [-0.3, -0.25) is 0 Å². The lowest BCUT2D eigenvalue weighted by Crippen LogP contribution is -2.30. The molecule has 2 rings (SSSR count). The van der Waals surface area contributed by atoms with Crippen molar-refractivity contribution in [1.82, 2.24) is 4.98 Å². The predicted octanol–water partition coefficient (Wildman–Crippen LogP) is 6.61. The fourth-order valence-electron chi connectivity index (χ4n) is 3.85. The van der Waals surface area contributed by atoms with Gasteiger partial charge in [0.05, 0.1) is 18.4 Å². The minimum atomic E-state index is -1.09. The third-order valence-corrected chi connectivity index (χ3v) is 5.94. The molecule has 2 aromatic rings. The maximum absolute atomic E-state index is 13.9. The van der Waals surface area contributed by atoms with Crippen molar-refractivity contribution in [2.24, 2.45) is 5.41 Å². The number of esters is 1. The van der Waals surface area contributed by atoms with Crippen LogP contribution in [-0.2, 0) is 9.16 Å². The number of hydrogen-bond donors (Lipinski definition) is 0. The van der Waals surface area contributed by atoms with Crippen molar-refractivity contribution >= 4 is 20.8 Å². The smallest absolute Gasteiger partial charge is 0.342 e. The molecule has 0 aliphatic heterocycles. The normalized spacial score (nSPS) is 12.9. The Kier molecular flexibility index (Phi) is 8.82. The average Bonchev–Trinajstić information content (AvgIpc) is 2.70. The van der Waals surface area contributed by atoms with Gasteiger partial charge >= 0.3 is 5.97 Å². The standard InChI is InChI=1S/C26H38FN2O3Si/c1-11-31-25(30)21-19(17-12-14-18(27)15-13-17)20(23(26(4,5)6)32-33(9)10)22(16(2)3)28-24(21)29(7)8/h12-16,23H,11H2,1-10H3. The van der Waals surface area contributed by atoms with Crippen molar-refractivity contribution in [3.05, 3.63) is 46.9 Å². The molecule has 0 amide bonds. The summed E-state index contributed by atoms with van der Waals surface area (Å²) in [6.07, 6.45) is -0.310. The lowest BCUT2D eigenvalue weighted by Gasteiger charge is -2.37. The summed E-state index contributed by atoms with van der Waals surface area (Å²) in [5.41, 5.74) is 3.30. The van der Waals surface area contributed by atoms with Crippen LogP contribution >= 0.6 is 0 Å². The first-order chi connectivity index (χ1) is 15.3. The molecule has 5 nitrogen and oxygen atoms in total. The molecule has 0 aliphatic rings. The molecule has 0 fully saturated rings. The van der Waals surface area contributed by atoms with Gasteiger partial charge in [0.25, 0.3) is 0 Å². The third-order valence-electron chi connectivity index (χ3n) is 5.23. The van der Waals surface area contributed by atoms with Crippen LogP contribution in [0.2, 0.25) is 13.1 Å². The number of benzene rings is 1. The number of anilines is 1. The number of rotatable bonds is 8. The molecule has 0 saturated carbocycles. The van der Waals surface area contributed by atoms with Crippen molar-refractivity contribution < 1.29 is 18.3 Å². The van der Waals surface area contributed by atoms with Crippen molar-refractivity contribution in [3.63, 3.8) is 0 Å². The number of hydrogen-bond acceptors (Lipinski definition) is 5. The van der Waals surface area contributed by atoms with Crippen molar-refractivity contribution in [1.29, 1.82) is 0 Å². The SMILES string of the molecule is CCOC(=O)c1c(N(C)C)nc(C(C)C)c(C(O[Si](C)C)C(C)(C)C)c1-c1ccc(F)cc1. The minimum absolute atomic E-state index is 0.0759. The van der Waals surface area contributed by atoms with Crippen molar-refractivity contribution in [2.45, 2.75) is 66.7 Å². The van der Waals surface area contributed by atoms with Crippen molar-refractivity contribution in [3.8, 4) is 11.1 Å². The first-order valence-electron chi connectivity index (χ1n) is 11.4. The van der Waals surface area contributed by atoms with Gasteiger partial charge in [0, 0.05) is 25.2 Å². The van der Waals surface area contributed by atoms with Gasteiger partial charge < -0.3 is 14.1 Å². The molecule has 1 heterocycles. The number of ether oxygens (including phenoxy) is 1. The molecule has 1 aromatic heterocycles. The lowest BCUT2D eigenvalue weighted by atomic mass is 9.78. The Bertz CT molecular complexity index is 967. The Morgan fingerprint density at radius 2 is 1.73 bits per heavy atom. The van der Waals surface area contributed by atoms with E-state index in [1.165, 1.54) is 12.1 Å². The van der Waals surface area contributed by atoms with Gasteiger partial charge in [-0.05, 0) is 49.0 Å². The van der Waals surface area contributed by atoms with E-state index < -0.39 is 15.0 Å². The summed E-state index contributed by atoms with van der Waals surface area (Å²) >= 11 is 0. The van der Waals surface area contributed by atoms with Crippen LogP contribution in [-0.4, -0.2) is 40.7 Å². The first-order valence-corrected chi connectivity index (χ1v) is 13.8. The lowest BCUT2D eigenvalue weighted by molar-refractivity contribution is 0.0526. The number of aromatic nitrogens is 1. The van der Waals surface area contributed by atoms with E-state index in [9.17, 15) is 9.18 Å². The Balaban J connectivity index is 3.14. The summed E-state index contributed by atoms with van der Waals surface area (Å²) in [7, 11) is 2.63. The summed E-state index contributed by atoms with van der Waals surface area (Å²) < 4.78 is 26.0. The number of nitrogens with zero attached hydrogens (tertiary/aromatic N) is 2. The van der Waals surface area contributed by atoms with Gasteiger partial charge in [-0.15, -0.1) is 0 Å². The zero-order valence-corrected chi connectivity index (χ0v) is 22.7. The molecule has 0 aliphatic carbocycles. The van der Waals surface area contributed by atoms with Crippen LogP contribution in [0.15, 0.2) is 24.3 Å². The van der Waals surface area contributed by atoms with E-state index >= 15 is 0 Å². The Morgan fingerprint density at radius 3 is 2.15 bits per heavy atom. The number of halogens is 1. The minimum Gasteiger partial charge on any atom is -0.462 e. The maximum atomic E-state index is 13.9. The van der Waals surface area contributed by atoms with E-state index in [1.54, 1.807) is 19.1 Å². The van der Waals surface area contributed by atoms with Gasteiger partial charge in [0.2, 0.25) is 9.04 Å². The molecule has 0 N–H and O–H groups in total. The Morgan fingerprint density at radius 1 is 1.15 bits per heavy atom. The van der Waals surface area contributed by atoms with Gasteiger partial charge in [0.1, 0.15) is 17.2 Å². The van der Waals surface area contributed by atoms with Gasteiger partial charge in [-0.2, -0.15) is 0 Å². The highest BCUT2D eigenvalue weighted by Crippen LogP contribution is 2.47. The molecule has 181 valence electrons. The fraction of sp³-hybridized carbons (Fsp3) is 0.538. The highest BCUT2D eigenvalue weighted by Gasteiger charge is 2.37. The van der Waals surface area contributed by atoms with E-state index in [4.69, 9.17) is 14.1 Å². The van der Waals surface area contributed by atoms with Crippen LogP contribution in [0.5, 0.6) is 0 Å². The molecule has 1 atom stereocenters. The average molecular weight is 474 g/mol. The third kappa shape index (κ3) is 6.21. The van der Waals surface area contributed by atoms with Crippen molar-refractivity contribution in [2.75, 3.05) is 25.6 Å². The molecule has 33 heavy (non-hydrogen) atoms. The fourth-order valence-corrected chi connectivity index (χ4v) is 4.79. The molecular formula is C26H38FN2O3Si. The van der Waals surface area contributed by atoms with E-state index in [0.717, 1.165) is 16.8 Å². The van der Waals surface area contributed by atoms with Gasteiger partial charge in [0.15, 0.2) is 0 Å². The molecule has 1 radical (unpaired) electrons. The molecule has 7 heteroatoms. The molecule has 0 bridgehead atoms. The predicted molar refractivity (Wildman–Crippen MR) is 135 cm³/mol. The maximum Gasteiger partial charge on any atom is 0.342 e. The molecule has 0 saturated heterocycles. The largest absolute Gasteiger partial charge is 0.462 e. The Hall–Kier alpha value is -2.25. The van der Waals surface area contributed by atoms with Gasteiger partial charge in [-0.25, -0.2) is 14.2 Å². The second-order valence-electron chi connectivity index (χ2n) is 10.0. The molecule has 0 spiro atoms. The van der Waals surface area contributed by atoms with Crippen LogP contribution in [0.3, 0.4) is 0 Å². The molecule has 1 aromatic carbocycles. The number of pyridine rings is 1. The summed E-state index contributed by atoms with van der Waals surface area (Å²) in [6, 6.07) is 6.26. The number of carbonyl (C=O) groups is 1. The summed E-state index contributed by atoms with van der Waals surface area (Å²) in [6.45, 7) is 16.8. The number of carbonyl (C=O) groups excluding carboxylic acids is 1. The zero-order valence-electron chi connectivity index (χ0n) is 21.7. The van der Waals surface area contributed by atoms with Crippen LogP contribution in [0.1, 0.15) is 75.2 Å². The van der Waals surface area contributed by atoms with Crippen LogP contribution in [0.4, 0.5) is 10.2 Å². The first kappa shape index (κ1) is 27.0. The van der Waals surface area contributed by atoms with Gasteiger partial charge in [-0.1, -0.05) is 46.8 Å². The monoisotopic (exact) mass is 473 g/mol. The summed E-state index contributed by atoms with van der Waals surface area (Å²) in [4.78, 5) is 20.2. The van der Waals surface area contributed by atoms with E-state index in [-0.39, 0.29) is 29.9 Å². The van der Waals surface area contributed by atoms with E-state index in [1.807, 2.05) is 19.0 Å². The zero-order chi connectivity index (χ0) is 25.1. The summed E-state index contributed by atoms with van der Waals surface area (Å²) in [5.74, 6) is -0.172. The second-order valence-corrected chi connectivity index (χ2v) is 12.1. The highest BCUT2D eigenvalue weighted by atomic mass is 28.3. The molecular weight excluding hydrogens is 435 g/mol. The van der Waals surface area contributed by atoms with E-state index in [2.05, 4.69) is 47.7 Å². The van der Waals surface area contributed by atoms with Crippen LogP contribution < -0.4 is 4.90 Å². The quantitative estimate of drug-likeness (QED) is 0.319. The second kappa shape index (κ2) is 10.8. The molecule has 1 unspecified atom stereocenters. The highest BCUT2D eigenvalue weighted by molar-refractivity contribution is 6.48.